The zero-order chi connectivity index (χ0) is 21.1. The third-order valence-corrected chi connectivity index (χ3v) is 5.26. The molecule has 30 heavy (non-hydrogen) atoms. The van der Waals surface area contributed by atoms with Crippen molar-refractivity contribution in [3.05, 3.63) is 77.1 Å². The quantitative estimate of drug-likeness (QED) is 0.621. The lowest BCUT2D eigenvalue weighted by molar-refractivity contribution is 0.0600. The fourth-order valence-corrected chi connectivity index (χ4v) is 3.61. The first kappa shape index (κ1) is 19.7. The first-order valence-electron chi connectivity index (χ1n) is 9.75. The summed E-state index contributed by atoms with van der Waals surface area (Å²) in [5, 5.41) is 0. The molecule has 1 aliphatic rings. The highest BCUT2D eigenvalue weighted by molar-refractivity contribution is 5.90. The van der Waals surface area contributed by atoms with E-state index < -0.39 is 0 Å². The van der Waals surface area contributed by atoms with Gasteiger partial charge in [-0.1, -0.05) is 42.5 Å². The number of imidazole rings is 1. The van der Waals surface area contributed by atoms with E-state index in [4.69, 9.17) is 14.5 Å². The van der Waals surface area contributed by atoms with Crippen molar-refractivity contribution in [3.8, 4) is 11.4 Å². The van der Waals surface area contributed by atoms with Crippen LogP contribution in [-0.4, -0.2) is 40.2 Å². The minimum absolute atomic E-state index is 0.250. The molecule has 1 aliphatic heterocycles. The zero-order valence-corrected chi connectivity index (χ0v) is 17.0. The Labute approximate surface area is 174 Å². The van der Waals surface area contributed by atoms with Crippen LogP contribution in [0.4, 0.5) is 4.79 Å². The van der Waals surface area contributed by atoms with Crippen molar-refractivity contribution < 1.29 is 19.1 Å². The number of carbonyl (C=O) groups is 2. The largest absolute Gasteiger partial charge is 0.465 e. The van der Waals surface area contributed by atoms with E-state index >= 15 is 0 Å². The van der Waals surface area contributed by atoms with Gasteiger partial charge in [0.2, 0.25) is 0 Å². The van der Waals surface area contributed by atoms with Crippen molar-refractivity contribution >= 4 is 12.1 Å². The highest BCUT2D eigenvalue weighted by atomic mass is 16.6. The first-order valence-corrected chi connectivity index (χ1v) is 9.75. The number of rotatable bonds is 4. The number of amides is 1. The summed E-state index contributed by atoms with van der Waals surface area (Å²) in [4.78, 5) is 30.9. The number of esters is 1. The third-order valence-electron chi connectivity index (χ3n) is 5.26. The molecule has 154 valence electrons. The summed E-state index contributed by atoms with van der Waals surface area (Å²) in [7, 11) is 3.28. The van der Waals surface area contributed by atoms with Gasteiger partial charge in [-0.15, -0.1) is 0 Å². The summed E-state index contributed by atoms with van der Waals surface area (Å²) in [5.41, 5.74) is 4.19. The molecule has 0 saturated heterocycles. The standard InChI is InChI=1S/C23H23N3O4/c1-25-20-14-26(23(28)30-15-16-7-4-3-5-8-16)12-11-19(20)24-21(25)17-9-6-10-18(13-17)22(27)29-2/h3-10,13H,11-12,14-15H2,1-2H3. The lowest BCUT2D eigenvalue weighted by Crippen LogP contribution is -2.37. The summed E-state index contributed by atoms with van der Waals surface area (Å²) < 4.78 is 12.3. The van der Waals surface area contributed by atoms with Gasteiger partial charge in [-0.25, -0.2) is 14.6 Å². The van der Waals surface area contributed by atoms with Gasteiger partial charge >= 0.3 is 12.1 Å². The van der Waals surface area contributed by atoms with Crippen molar-refractivity contribution in [1.29, 1.82) is 0 Å². The van der Waals surface area contributed by atoms with Gasteiger partial charge in [-0.3, -0.25) is 0 Å². The van der Waals surface area contributed by atoms with Gasteiger partial charge < -0.3 is 18.9 Å². The fourth-order valence-electron chi connectivity index (χ4n) is 3.61. The Morgan fingerprint density at radius 3 is 2.67 bits per heavy atom. The number of benzene rings is 2. The molecule has 0 saturated carbocycles. The average molecular weight is 405 g/mol. The molecule has 3 aromatic rings. The monoisotopic (exact) mass is 405 g/mol. The van der Waals surface area contributed by atoms with Crippen molar-refractivity contribution in [2.24, 2.45) is 7.05 Å². The van der Waals surface area contributed by atoms with E-state index in [0.717, 1.165) is 28.3 Å². The van der Waals surface area contributed by atoms with Gasteiger partial charge in [0.05, 0.1) is 30.6 Å². The van der Waals surface area contributed by atoms with Crippen molar-refractivity contribution in [2.75, 3.05) is 13.7 Å². The van der Waals surface area contributed by atoms with Gasteiger partial charge in [0.25, 0.3) is 0 Å². The Morgan fingerprint density at radius 2 is 1.90 bits per heavy atom. The van der Waals surface area contributed by atoms with Crippen LogP contribution in [0.15, 0.2) is 54.6 Å². The number of hydrogen-bond acceptors (Lipinski definition) is 5. The number of fused-ring (bicyclic) bond motifs is 1. The molecule has 0 bridgehead atoms. The Hall–Kier alpha value is -3.61. The minimum Gasteiger partial charge on any atom is -0.465 e. The molecule has 2 heterocycles. The van der Waals surface area contributed by atoms with Crippen LogP contribution in [0.1, 0.15) is 27.3 Å². The molecular weight excluding hydrogens is 382 g/mol. The van der Waals surface area contributed by atoms with E-state index in [1.165, 1.54) is 7.11 Å². The van der Waals surface area contributed by atoms with Gasteiger partial charge in [-0.05, 0) is 17.7 Å². The SMILES string of the molecule is COC(=O)c1cccc(-c2nc3c(n2C)CN(C(=O)OCc2ccccc2)CC3)c1. The van der Waals surface area contributed by atoms with Crippen LogP contribution in [0.5, 0.6) is 0 Å². The Balaban J connectivity index is 1.50. The second kappa shape index (κ2) is 8.41. The van der Waals surface area contributed by atoms with Gasteiger partial charge in [0.1, 0.15) is 12.4 Å². The third kappa shape index (κ3) is 3.91. The first-order chi connectivity index (χ1) is 14.6. The summed E-state index contributed by atoms with van der Waals surface area (Å²) in [6.45, 7) is 1.24. The van der Waals surface area contributed by atoms with E-state index in [2.05, 4.69) is 0 Å². The van der Waals surface area contributed by atoms with Crippen molar-refractivity contribution in [3.63, 3.8) is 0 Å². The van der Waals surface area contributed by atoms with Crippen LogP contribution < -0.4 is 0 Å². The molecule has 0 aliphatic carbocycles. The molecule has 0 radical (unpaired) electrons. The number of nitrogens with zero attached hydrogens (tertiary/aromatic N) is 3. The Bertz CT molecular complexity index is 1080. The van der Waals surface area contributed by atoms with Crippen LogP contribution >= 0.6 is 0 Å². The minimum atomic E-state index is -0.386. The maximum absolute atomic E-state index is 12.5. The number of carbonyl (C=O) groups excluding carboxylic acids is 2. The topological polar surface area (TPSA) is 73.7 Å². The second-order valence-electron chi connectivity index (χ2n) is 7.17. The maximum atomic E-state index is 12.5. The van der Waals surface area contributed by atoms with Gasteiger partial charge in [-0.2, -0.15) is 0 Å². The van der Waals surface area contributed by atoms with Crippen molar-refractivity contribution in [1.82, 2.24) is 14.5 Å². The number of ether oxygens (including phenoxy) is 2. The number of aromatic nitrogens is 2. The van der Waals surface area contributed by atoms with Crippen LogP contribution in [0.2, 0.25) is 0 Å². The van der Waals surface area contributed by atoms with E-state index in [0.29, 0.717) is 25.1 Å². The van der Waals surface area contributed by atoms with Crippen LogP contribution in [-0.2, 0) is 36.1 Å². The Kier molecular flexibility index (Phi) is 5.52. The fraction of sp³-hybridized carbons (Fsp3) is 0.261. The molecule has 7 heteroatoms. The summed E-state index contributed by atoms with van der Waals surface area (Å²) in [6.07, 6.45) is 0.320. The normalized spacial score (nSPS) is 12.9. The molecule has 0 spiro atoms. The molecule has 0 fully saturated rings. The smallest absolute Gasteiger partial charge is 0.410 e. The highest BCUT2D eigenvalue weighted by Gasteiger charge is 2.27. The van der Waals surface area contributed by atoms with E-state index in [1.54, 1.807) is 17.0 Å². The maximum Gasteiger partial charge on any atom is 0.410 e. The predicted molar refractivity (Wildman–Crippen MR) is 111 cm³/mol. The van der Waals surface area contributed by atoms with Crippen LogP contribution in [0.25, 0.3) is 11.4 Å². The van der Waals surface area contributed by atoms with E-state index in [-0.39, 0.29) is 18.7 Å². The van der Waals surface area contributed by atoms with Crippen LogP contribution in [0.3, 0.4) is 0 Å². The molecule has 0 N–H and O–H groups in total. The molecule has 7 nitrogen and oxygen atoms in total. The lowest BCUT2D eigenvalue weighted by atomic mass is 10.1. The summed E-state index contributed by atoms with van der Waals surface area (Å²) >= 11 is 0. The Morgan fingerprint density at radius 1 is 1.10 bits per heavy atom. The summed E-state index contributed by atoms with van der Waals surface area (Å²) in [6, 6.07) is 16.8. The molecule has 1 amide bonds. The van der Waals surface area contributed by atoms with E-state index in [9.17, 15) is 9.59 Å². The van der Waals surface area contributed by atoms with Crippen molar-refractivity contribution in [2.45, 2.75) is 19.6 Å². The molecule has 4 rings (SSSR count). The van der Waals surface area contributed by atoms with E-state index in [1.807, 2.05) is 54.1 Å². The molecule has 0 unspecified atom stereocenters. The molecule has 1 aromatic heterocycles. The van der Waals surface area contributed by atoms with Gasteiger partial charge in [0.15, 0.2) is 0 Å². The predicted octanol–water partition coefficient (Wildman–Crippen LogP) is 3.57. The zero-order valence-electron chi connectivity index (χ0n) is 17.0. The van der Waals surface area contributed by atoms with Gasteiger partial charge in [0, 0.05) is 25.6 Å². The molecule has 0 atom stereocenters. The van der Waals surface area contributed by atoms with Crippen LogP contribution in [0, 0.1) is 0 Å². The number of methoxy groups -OCH3 is 1. The average Bonchev–Trinajstić information content (AvgIpc) is 3.13. The highest BCUT2D eigenvalue weighted by Crippen LogP contribution is 2.27. The second-order valence-corrected chi connectivity index (χ2v) is 7.17. The molecular formula is C23H23N3O4. The summed E-state index contributed by atoms with van der Waals surface area (Å²) in [5.74, 6) is 0.369. The lowest BCUT2D eigenvalue weighted by Gasteiger charge is -2.26. The molecule has 2 aromatic carbocycles. The number of hydrogen-bond donors (Lipinski definition) is 0.